The van der Waals surface area contributed by atoms with E-state index >= 15 is 0 Å². The van der Waals surface area contributed by atoms with Gasteiger partial charge in [0.1, 0.15) is 0 Å². The van der Waals surface area contributed by atoms with E-state index in [4.69, 9.17) is 4.74 Å². The van der Waals surface area contributed by atoms with Gasteiger partial charge in [-0.25, -0.2) is 0 Å². The summed E-state index contributed by atoms with van der Waals surface area (Å²) in [6, 6.07) is 15.4. The van der Waals surface area contributed by atoms with Gasteiger partial charge in [-0.05, 0) is 48.4 Å². The Morgan fingerprint density at radius 1 is 0.964 bits per heavy atom. The van der Waals surface area contributed by atoms with Gasteiger partial charge in [0, 0.05) is 49.5 Å². The summed E-state index contributed by atoms with van der Waals surface area (Å²) in [5, 5.41) is 2.94. The van der Waals surface area contributed by atoms with Crippen LogP contribution in [-0.4, -0.2) is 49.6 Å². The van der Waals surface area contributed by atoms with Gasteiger partial charge in [-0.1, -0.05) is 12.1 Å². The number of hydrogen-bond donors (Lipinski definition) is 1. The van der Waals surface area contributed by atoms with Crippen LogP contribution in [0.3, 0.4) is 0 Å². The fourth-order valence-corrected chi connectivity index (χ4v) is 3.63. The maximum absolute atomic E-state index is 12.5. The highest BCUT2D eigenvalue weighted by molar-refractivity contribution is 6.04. The molecule has 0 saturated carbocycles. The summed E-state index contributed by atoms with van der Waals surface area (Å²) in [5.41, 5.74) is 3.56. The summed E-state index contributed by atoms with van der Waals surface area (Å²) in [4.78, 5) is 28.4. The lowest BCUT2D eigenvalue weighted by molar-refractivity contribution is -0.128. The van der Waals surface area contributed by atoms with E-state index in [-0.39, 0.29) is 11.8 Å². The van der Waals surface area contributed by atoms with Crippen molar-refractivity contribution in [3.63, 3.8) is 0 Å². The Kier molecular flexibility index (Phi) is 5.58. The van der Waals surface area contributed by atoms with Crippen LogP contribution in [0.4, 0.5) is 11.4 Å². The number of rotatable bonds is 5. The zero-order valence-corrected chi connectivity index (χ0v) is 15.9. The van der Waals surface area contributed by atoms with Crippen molar-refractivity contribution < 1.29 is 14.3 Å². The lowest BCUT2D eigenvalue weighted by atomic mass is 10.1. The molecule has 0 atom stereocenters. The molecule has 1 N–H and O–H groups in total. The molecule has 0 bridgehead atoms. The molecule has 2 amide bonds. The number of nitrogens with zero attached hydrogens (tertiary/aromatic N) is 2. The Hall–Kier alpha value is -2.86. The topological polar surface area (TPSA) is 61.9 Å². The number of likely N-dealkylation sites (tertiary alicyclic amines) is 1. The lowest BCUT2D eigenvalue weighted by Crippen LogP contribution is -2.36. The van der Waals surface area contributed by atoms with Crippen LogP contribution < -0.4 is 10.2 Å². The molecule has 2 saturated heterocycles. The Labute approximate surface area is 165 Å². The Morgan fingerprint density at radius 3 is 2.32 bits per heavy atom. The Bertz CT molecular complexity index is 827. The van der Waals surface area contributed by atoms with Crippen LogP contribution in [0.15, 0.2) is 48.5 Å². The first-order chi connectivity index (χ1) is 13.7. The summed E-state index contributed by atoms with van der Waals surface area (Å²) < 4.78 is 5.38. The van der Waals surface area contributed by atoms with E-state index in [1.807, 2.05) is 53.4 Å². The van der Waals surface area contributed by atoms with E-state index in [0.29, 0.717) is 18.5 Å². The number of benzene rings is 2. The van der Waals surface area contributed by atoms with Crippen LogP contribution >= 0.6 is 0 Å². The van der Waals surface area contributed by atoms with Crippen LogP contribution in [-0.2, 0) is 16.1 Å². The van der Waals surface area contributed by atoms with Crippen molar-refractivity contribution in [3.05, 3.63) is 59.7 Å². The van der Waals surface area contributed by atoms with E-state index in [1.54, 1.807) is 0 Å². The highest BCUT2D eigenvalue weighted by Gasteiger charge is 2.20. The standard InChI is InChI=1S/C22H25N3O3/c26-21-2-1-11-25(21)16-17-3-5-18(6-4-17)22(27)23-19-7-9-20(10-8-19)24-12-14-28-15-13-24/h3-10H,1-2,11-16H2,(H,23,27). The molecule has 6 heteroatoms. The van der Waals surface area contributed by atoms with Crippen molar-refractivity contribution >= 4 is 23.2 Å². The van der Waals surface area contributed by atoms with E-state index in [1.165, 1.54) is 0 Å². The molecule has 146 valence electrons. The van der Waals surface area contributed by atoms with Gasteiger partial charge < -0.3 is 19.9 Å². The molecule has 2 aliphatic heterocycles. The number of hydrogen-bond acceptors (Lipinski definition) is 4. The van der Waals surface area contributed by atoms with Crippen LogP contribution in [0.5, 0.6) is 0 Å². The third-order valence-electron chi connectivity index (χ3n) is 5.26. The molecular formula is C22H25N3O3. The number of carbonyl (C=O) groups excluding carboxylic acids is 2. The van der Waals surface area contributed by atoms with E-state index in [0.717, 1.165) is 56.2 Å². The van der Waals surface area contributed by atoms with Crippen LogP contribution in [0.1, 0.15) is 28.8 Å². The normalized spacial score (nSPS) is 17.1. The lowest BCUT2D eigenvalue weighted by Gasteiger charge is -2.28. The maximum Gasteiger partial charge on any atom is 0.255 e. The van der Waals surface area contributed by atoms with Gasteiger partial charge in [0.05, 0.1) is 13.2 Å². The molecule has 0 aromatic heterocycles. The van der Waals surface area contributed by atoms with E-state index in [2.05, 4.69) is 10.2 Å². The smallest absolute Gasteiger partial charge is 0.255 e. The highest BCUT2D eigenvalue weighted by atomic mass is 16.5. The minimum atomic E-state index is -0.136. The molecule has 2 fully saturated rings. The minimum Gasteiger partial charge on any atom is -0.378 e. The fraction of sp³-hybridized carbons (Fsp3) is 0.364. The van der Waals surface area contributed by atoms with Crippen molar-refractivity contribution in [2.24, 2.45) is 0 Å². The van der Waals surface area contributed by atoms with Crippen LogP contribution in [0.2, 0.25) is 0 Å². The van der Waals surface area contributed by atoms with Crippen LogP contribution in [0.25, 0.3) is 0 Å². The van der Waals surface area contributed by atoms with Crippen LogP contribution in [0, 0.1) is 0 Å². The van der Waals surface area contributed by atoms with Gasteiger partial charge in [-0.3, -0.25) is 9.59 Å². The van der Waals surface area contributed by atoms with Gasteiger partial charge in [0.25, 0.3) is 5.91 Å². The largest absolute Gasteiger partial charge is 0.378 e. The molecule has 6 nitrogen and oxygen atoms in total. The number of ether oxygens (including phenoxy) is 1. The van der Waals surface area contributed by atoms with E-state index in [9.17, 15) is 9.59 Å². The Morgan fingerprint density at radius 2 is 1.68 bits per heavy atom. The van der Waals surface area contributed by atoms with E-state index < -0.39 is 0 Å². The summed E-state index contributed by atoms with van der Waals surface area (Å²) in [7, 11) is 0. The molecule has 0 spiro atoms. The zero-order valence-electron chi connectivity index (χ0n) is 15.9. The second kappa shape index (κ2) is 8.44. The predicted octanol–water partition coefficient (Wildman–Crippen LogP) is 2.90. The number of amides is 2. The third kappa shape index (κ3) is 4.34. The van der Waals surface area contributed by atoms with Gasteiger partial charge in [-0.15, -0.1) is 0 Å². The molecule has 4 rings (SSSR count). The summed E-state index contributed by atoms with van der Waals surface area (Å²) >= 11 is 0. The average molecular weight is 379 g/mol. The molecule has 2 aromatic rings. The SMILES string of the molecule is O=C(Nc1ccc(N2CCOCC2)cc1)c1ccc(CN2CCCC2=O)cc1. The van der Waals surface area contributed by atoms with Gasteiger partial charge in [-0.2, -0.15) is 0 Å². The van der Waals surface area contributed by atoms with Crippen molar-refractivity contribution in [3.8, 4) is 0 Å². The second-order valence-electron chi connectivity index (χ2n) is 7.22. The number of carbonyl (C=O) groups is 2. The second-order valence-corrected chi connectivity index (χ2v) is 7.22. The van der Waals surface area contributed by atoms with Gasteiger partial charge in [0.15, 0.2) is 0 Å². The van der Waals surface area contributed by atoms with Crippen molar-refractivity contribution in [1.82, 2.24) is 4.90 Å². The molecule has 0 aliphatic carbocycles. The molecule has 0 radical (unpaired) electrons. The molecule has 2 heterocycles. The molecule has 2 aliphatic rings. The zero-order chi connectivity index (χ0) is 19.3. The number of nitrogens with one attached hydrogen (secondary N) is 1. The minimum absolute atomic E-state index is 0.136. The van der Waals surface area contributed by atoms with Gasteiger partial charge >= 0.3 is 0 Å². The fourth-order valence-electron chi connectivity index (χ4n) is 3.63. The van der Waals surface area contributed by atoms with Crippen molar-refractivity contribution in [2.75, 3.05) is 43.1 Å². The summed E-state index contributed by atoms with van der Waals surface area (Å²) in [6.07, 6.45) is 1.58. The highest BCUT2D eigenvalue weighted by Crippen LogP contribution is 2.20. The number of anilines is 2. The Balaban J connectivity index is 1.34. The quantitative estimate of drug-likeness (QED) is 0.868. The first-order valence-electron chi connectivity index (χ1n) is 9.80. The van der Waals surface area contributed by atoms with Crippen molar-refractivity contribution in [2.45, 2.75) is 19.4 Å². The molecule has 0 unspecified atom stereocenters. The first-order valence-corrected chi connectivity index (χ1v) is 9.80. The summed E-state index contributed by atoms with van der Waals surface area (Å²) in [6.45, 7) is 4.72. The van der Waals surface area contributed by atoms with Crippen molar-refractivity contribution in [1.29, 1.82) is 0 Å². The maximum atomic E-state index is 12.5. The molecular weight excluding hydrogens is 354 g/mol. The van der Waals surface area contributed by atoms with Gasteiger partial charge in [0.2, 0.25) is 5.91 Å². The molecule has 28 heavy (non-hydrogen) atoms. The predicted molar refractivity (Wildman–Crippen MR) is 109 cm³/mol. The first kappa shape index (κ1) is 18.5. The monoisotopic (exact) mass is 379 g/mol. The third-order valence-corrected chi connectivity index (χ3v) is 5.26. The summed E-state index contributed by atoms with van der Waals surface area (Å²) in [5.74, 6) is 0.0743. The number of morpholine rings is 1. The molecule has 2 aromatic carbocycles. The average Bonchev–Trinajstić information content (AvgIpc) is 3.14.